The molecule has 1 aliphatic heterocycles. The average Bonchev–Trinajstić information content (AvgIpc) is 2.89. The Balaban J connectivity index is 1.71. The second kappa shape index (κ2) is 6.13. The molecule has 2 amide bonds. The summed E-state index contributed by atoms with van der Waals surface area (Å²) < 4.78 is 0. The summed E-state index contributed by atoms with van der Waals surface area (Å²) in [5, 5.41) is 3.81. The van der Waals surface area contributed by atoms with Gasteiger partial charge in [-0.05, 0) is 25.7 Å². The van der Waals surface area contributed by atoms with Crippen LogP contribution in [0.4, 0.5) is 0 Å². The first-order valence-electron chi connectivity index (χ1n) is 7.63. The summed E-state index contributed by atoms with van der Waals surface area (Å²) in [5.41, 5.74) is 0. The lowest BCUT2D eigenvalue weighted by molar-refractivity contribution is -0.146. The van der Waals surface area contributed by atoms with Crippen LogP contribution in [0.15, 0.2) is 6.20 Å². The molecule has 3 rings (SSSR count). The minimum Gasteiger partial charge on any atom is -0.342 e. The number of thiazole rings is 1. The highest BCUT2D eigenvalue weighted by Crippen LogP contribution is 2.29. The average molecular weight is 307 g/mol. The van der Waals surface area contributed by atoms with E-state index in [0.717, 1.165) is 35.6 Å². The Kier molecular flexibility index (Phi) is 4.24. The Hall–Kier alpha value is -1.43. The van der Waals surface area contributed by atoms with E-state index >= 15 is 0 Å². The Morgan fingerprint density at radius 3 is 2.76 bits per heavy atom. The highest BCUT2D eigenvalue weighted by Gasteiger charge is 2.38. The molecule has 1 aliphatic carbocycles. The van der Waals surface area contributed by atoms with Gasteiger partial charge in [-0.25, -0.2) is 4.98 Å². The van der Waals surface area contributed by atoms with Crippen LogP contribution in [0.1, 0.15) is 42.0 Å². The maximum Gasteiger partial charge on any atom is 0.246 e. The van der Waals surface area contributed by atoms with Crippen LogP contribution in [0.2, 0.25) is 0 Å². The van der Waals surface area contributed by atoms with Crippen molar-refractivity contribution in [3.63, 3.8) is 0 Å². The van der Waals surface area contributed by atoms with Crippen LogP contribution < -0.4 is 5.32 Å². The maximum absolute atomic E-state index is 12.7. The molecule has 6 heteroatoms. The van der Waals surface area contributed by atoms with Gasteiger partial charge < -0.3 is 10.2 Å². The number of hydrogen-bond acceptors (Lipinski definition) is 4. The highest BCUT2D eigenvalue weighted by molar-refractivity contribution is 7.11. The molecule has 114 valence electrons. The van der Waals surface area contributed by atoms with Gasteiger partial charge in [0.25, 0.3) is 0 Å². The number of hydrogen-bond donors (Lipinski definition) is 1. The zero-order valence-corrected chi connectivity index (χ0v) is 13.1. The molecule has 1 N–H and O–H groups in total. The standard InChI is InChI=1S/C15H21N3O2S/c1-10-7-16-13(21-10)9-18-8-12(19)17-14(15(18)20)11-5-3-2-4-6-11/h7,11,14H,2-6,8-9H2,1H3,(H,17,19). The number of aromatic nitrogens is 1. The molecule has 0 spiro atoms. The van der Waals surface area contributed by atoms with Crippen LogP contribution in [0.25, 0.3) is 0 Å². The van der Waals surface area contributed by atoms with E-state index in [0.29, 0.717) is 12.5 Å². The molecule has 1 atom stereocenters. The van der Waals surface area contributed by atoms with Gasteiger partial charge in [-0.1, -0.05) is 19.3 Å². The van der Waals surface area contributed by atoms with Crippen LogP contribution >= 0.6 is 11.3 Å². The number of carbonyl (C=O) groups excluding carboxylic acids is 2. The highest BCUT2D eigenvalue weighted by atomic mass is 32.1. The quantitative estimate of drug-likeness (QED) is 0.927. The summed E-state index contributed by atoms with van der Waals surface area (Å²) in [7, 11) is 0. The fourth-order valence-electron chi connectivity index (χ4n) is 3.29. The molecule has 2 heterocycles. The molecule has 0 bridgehead atoms. The predicted molar refractivity (Wildman–Crippen MR) is 80.8 cm³/mol. The zero-order valence-electron chi connectivity index (χ0n) is 12.3. The molecule has 0 aromatic carbocycles. The number of carbonyl (C=O) groups is 2. The third kappa shape index (κ3) is 3.26. The number of amides is 2. The zero-order chi connectivity index (χ0) is 14.8. The second-order valence-corrected chi connectivity index (χ2v) is 7.32. The van der Waals surface area contributed by atoms with Gasteiger partial charge in [-0.3, -0.25) is 9.59 Å². The van der Waals surface area contributed by atoms with Gasteiger partial charge in [-0.2, -0.15) is 0 Å². The molecule has 2 aliphatic rings. The van der Waals surface area contributed by atoms with Gasteiger partial charge in [-0.15, -0.1) is 11.3 Å². The predicted octanol–water partition coefficient (Wildman–Crippen LogP) is 1.86. The number of nitrogens with one attached hydrogen (secondary N) is 1. The van der Waals surface area contributed by atoms with Crippen molar-refractivity contribution in [1.82, 2.24) is 15.2 Å². The van der Waals surface area contributed by atoms with Crippen molar-refractivity contribution in [2.24, 2.45) is 5.92 Å². The van der Waals surface area contributed by atoms with Crippen molar-refractivity contribution < 1.29 is 9.59 Å². The van der Waals surface area contributed by atoms with Crippen LogP contribution in [0.3, 0.4) is 0 Å². The summed E-state index contributed by atoms with van der Waals surface area (Å²) in [5.74, 6) is 0.323. The minimum atomic E-state index is -0.326. The lowest BCUT2D eigenvalue weighted by atomic mass is 9.82. The van der Waals surface area contributed by atoms with Gasteiger partial charge in [0.15, 0.2) is 0 Å². The van der Waals surface area contributed by atoms with Crippen molar-refractivity contribution in [2.45, 2.75) is 51.6 Å². The van der Waals surface area contributed by atoms with E-state index < -0.39 is 0 Å². The molecule has 1 saturated heterocycles. The fraction of sp³-hybridized carbons (Fsp3) is 0.667. The largest absolute Gasteiger partial charge is 0.342 e. The second-order valence-electron chi connectivity index (χ2n) is 6.00. The Morgan fingerprint density at radius 1 is 1.33 bits per heavy atom. The van der Waals surface area contributed by atoms with Crippen molar-refractivity contribution in [3.8, 4) is 0 Å². The first kappa shape index (κ1) is 14.5. The van der Waals surface area contributed by atoms with E-state index in [4.69, 9.17) is 0 Å². The van der Waals surface area contributed by atoms with E-state index in [9.17, 15) is 9.59 Å². The van der Waals surface area contributed by atoms with Crippen molar-refractivity contribution in [1.29, 1.82) is 0 Å². The van der Waals surface area contributed by atoms with Gasteiger partial charge in [0, 0.05) is 11.1 Å². The van der Waals surface area contributed by atoms with Crippen LogP contribution in [0.5, 0.6) is 0 Å². The topological polar surface area (TPSA) is 62.3 Å². The maximum atomic E-state index is 12.7. The number of piperazine rings is 1. The Bertz CT molecular complexity index is 537. The van der Waals surface area contributed by atoms with Crippen LogP contribution in [-0.2, 0) is 16.1 Å². The molecule has 1 aromatic heterocycles. The molecular weight excluding hydrogens is 286 g/mol. The molecule has 1 aromatic rings. The van der Waals surface area contributed by atoms with E-state index in [1.165, 1.54) is 6.42 Å². The van der Waals surface area contributed by atoms with E-state index in [1.54, 1.807) is 16.2 Å². The van der Waals surface area contributed by atoms with Crippen molar-refractivity contribution >= 4 is 23.2 Å². The van der Waals surface area contributed by atoms with Gasteiger partial charge in [0.05, 0.1) is 6.54 Å². The monoisotopic (exact) mass is 307 g/mol. The number of rotatable bonds is 3. The van der Waals surface area contributed by atoms with Crippen molar-refractivity contribution in [2.75, 3.05) is 6.54 Å². The molecule has 5 nitrogen and oxygen atoms in total. The van der Waals surface area contributed by atoms with Crippen LogP contribution in [0, 0.1) is 12.8 Å². The normalized spacial score (nSPS) is 24.2. The molecule has 1 unspecified atom stereocenters. The van der Waals surface area contributed by atoms with Crippen molar-refractivity contribution in [3.05, 3.63) is 16.1 Å². The molecular formula is C15H21N3O2S. The molecule has 0 radical (unpaired) electrons. The SMILES string of the molecule is Cc1cnc(CN2CC(=O)NC(C3CCCCC3)C2=O)s1. The van der Waals surface area contributed by atoms with E-state index in [2.05, 4.69) is 10.3 Å². The summed E-state index contributed by atoms with van der Waals surface area (Å²) in [6.45, 7) is 2.60. The minimum absolute atomic E-state index is 0.0431. The smallest absolute Gasteiger partial charge is 0.246 e. The molecule has 2 fully saturated rings. The van der Waals surface area contributed by atoms with Crippen LogP contribution in [-0.4, -0.2) is 34.3 Å². The molecule has 1 saturated carbocycles. The van der Waals surface area contributed by atoms with Gasteiger partial charge in [0.2, 0.25) is 11.8 Å². The summed E-state index contributed by atoms with van der Waals surface area (Å²) in [6, 6.07) is -0.326. The van der Waals surface area contributed by atoms with E-state index in [-0.39, 0.29) is 24.4 Å². The molecule has 21 heavy (non-hydrogen) atoms. The third-order valence-electron chi connectivity index (χ3n) is 4.35. The lowest BCUT2D eigenvalue weighted by Crippen LogP contribution is -2.60. The number of aryl methyl sites for hydroxylation is 1. The first-order chi connectivity index (χ1) is 10.1. The fourth-order valence-corrected chi connectivity index (χ4v) is 4.09. The Labute approximate surface area is 128 Å². The van der Waals surface area contributed by atoms with Gasteiger partial charge >= 0.3 is 0 Å². The lowest BCUT2D eigenvalue weighted by Gasteiger charge is -2.37. The summed E-state index contributed by atoms with van der Waals surface area (Å²) in [6.07, 6.45) is 7.47. The summed E-state index contributed by atoms with van der Waals surface area (Å²) in [4.78, 5) is 31.7. The Morgan fingerprint density at radius 2 is 2.10 bits per heavy atom. The summed E-state index contributed by atoms with van der Waals surface area (Å²) >= 11 is 1.58. The third-order valence-corrected chi connectivity index (χ3v) is 5.24. The first-order valence-corrected chi connectivity index (χ1v) is 8.44. The van der Waals surface area contributed by atoms with Gasteiger partial charge in [0.1, 0.15) is 17.6 Å². The van der Waals surface area contributed by atoms with E-state index in [1.807, 2.05) is 13.1 Å². The number of nitrogens with zero attached hydrogens (tertiary/aromatic N) is 2.